The van der Waals surface area contributed by atoms with Crippen LogP contribution in [0.3, 0.4) is 0 Å². The normalized spacial score (nSPS) is 9.29. The van der Waals surface area contributed by atoms with Gasteiger partial charge in [-0.3, -0.25) is 0 Å². The topological polar surface area (TPSA) is 15.8 Å². The van der Waals surface area contributed by atoms with Gasteiger partial charge >= 0.3 is 0 Å². The van der Waals surface area contributed by atoms with Gasteiger partial charge in [0.05, 0.1) is 0 Å². The molecule has 0 radical (unpaired) electrons. The highest BCUT2D eigenvalue weighted by Crippen LogP contribution is 2.22. The standard InChI is InChI=1S/C4H4BrNS/c5-7-4-1-2-6-3-4/h1-3,6H. The Bertz CT molecular complexity index is 126. The Kier molecular flexibility index (Phi) is 1.82. The molecule has 0 fully saturated rings. The Hall–Kier alpha value is 0.110. The second-order valence-corrected chi connectivity index (χ2v) is 2.72. The molecule has 0 saturated heterocycles. The SMILES string of the molecule is BrSc1cc[nH]c1. The van der Waals surface area contributed by atoms with Gasteiger partial charge in [0, 0.05) is 17.3 Å². The number of rotatable bonds is 1. The zero-order chi connectivity index (χ0) is 5.11. The summed E-state index contributed by atoms with van der Waals surface area (Å²) in [6.45, 7) is 0. The summed E-state index contributed by atoms with van der Waals surface area (Å²) in [5.41, 5.74) is 0. The van der Waals surface area contributed by atoms with Gasteiger partial charge < -0.3 is 4.98 Å². The van der Waals surface area contributed by atoms with Crippen LogP contribution in [0.4, 0.5) is 0 Å². The van der Waals surface area contributed by atoms with E-state index in [9.17, 15) is 0 Å². The molecule has 1 aromatic rings. The van der Waals surface area contributed by atoms with Gasteiger partial charge in [0.25, 0.3) is 0 Å². The van der Waals surface area contributed by atoms with Gasteiger partial charge in [-0.25, -0.2) is 0 Å². The average Bonchev–Trinajstić information content (AvgIpc) is 2.14. The Balaban J connectivity index is 2.76. The van der Waals surface area contributed by atoms with Crippen LogP contribution < -0.4 is 0 Å². The van der Waals surface area contributed by atoms with Crippen molar-refractivity contribution >= 4 is 25.0 Å². The van der Waals surface area contributed by atoms with Crippen molar-refractivity contribution in [2.75, 3.05) is 0 Å². The maximum absolute atomic E-state index is 3.23. The molecule has 0 aliphatic heterocycles. The van der Waals surface area contributed by atoms with E-state index in [1.807, 2.05) is 18.5 Å². The van der Waals surface area contributed by atoms with Gasteiger partial charge in [-0.15, -0.1) is 0 Å². The monoisotopic (exact) mass is 177 g/mol. The fourth-order valence-electron chi connectivity index (χ4n) is 0.357. The molecule has 0 bridgehead atoms. The molecule has 7 heavy (non-hydrogen) atoms. The highest BCUT2D eigenvalue weighted by Gasteiger charge is 1.83. The second kappa shape index (κ2) is 2.43. The van der Waals surface area contributed by atoms with Crippen molar-refractivity contribution in [2.24, 2.45) is 0 Å². The molecule has 0 aromatic carbocycles. The van der Waals surface area contributed by atoms with Crippen molar-refractivity contribution in [2.45, 2.75) is 4.90 Å². The number of hydrogen-bond acceptors (Lipinski definition) is 1. The molecule has 0 amide bonds. The molecule has 1 rings (SSSR count). The first-order valence-corrected chi connectivity index (χ1v) is 4.51. The second-order valence-electron chi connectivity index (χ2n) is 1.12. The molecule has 1 aromatic heterocycles. The molecule has 0 unspecified atom stereocenters. The van der Waals surface area contributed by atoms with E-state index in [1.165, 1.54) is 4.90 Å². The number of aromatic nitrogens is 1. The maximum atomic E-state index is 3.23. The fourth-order valence-corrected chi connectivity index (χ4v) is 1.19. The summed E-state index contributed by atoms with van der Waals surface area (Å²) < 4.78 is 0. The first kappa shape index (κ1) is 5.25. The smallest absolute Gasteiger partial charge is 0.0362 e. The van der Waals surface area contributed by atoms with Crippen molar-refractivity contribution in [1.29, 1.82) is 0 Å². The number of aromatic amines is 1. The van der Waals surface area contributed by atoms with Crippen molar-refractivity contribution in [3.8, 4) is 0 Å². The summed E-state index contributed by atoms with van der Waals surface area (Å²) in [5, 5.41) is 0. The molecule has 1 N–H and O–H groups in total. The number of H-pyrrole nitrogens is 1. The van der Waals surface area contributed by atoms with Crippen molar-refractivity contribution in [3.63, 3.8) is 0 Å². The zero-order valence-corrected chi connectivity index (χ0v) is 5.92. The molecule has 1 heterocycles. The molecular formula is C4H4BrNS. The summed E-state index contributed by atoms with van der Waals surface area (Å²) in [5.74, 6) is 0. The van der Waals surface area contributed by atoms with Crippen molar-refractivity contribution in [1.82, 2.24) is 4.98 Å². The number of halogens is 1. The van der Waals surface area contributed by atoms with Crippen molar-refractivity contribution in [3.05, 3.63) is 18.5 Å². The van der Waals surface area contributed by atoms with Gasteiger partial charge in [-0.1, -0.05) is 0 Å². The molecule has 0 atom stereocenters. The van der Waals surface area contributed by atoms with Crippen LogP contribution in [0.5, 0.6) is 0 Å². The van der Waals surface area contributed by atoms with Gasteiger partial charge in [0.1, 0.15) is 0 Å². The summed E-state index contributed by atoms with van der Waals surface area (Å²) in [7, 11) is 1.56. The first-order chi connectivity index (χ1) is 3.43. The van der Waals surface area contributed by atoms with Gasteiger partial charge in [0.2, 0.25) is 0 Å². The van der Waals surface area contributed by atoms with E-state index in [1.54, 1.807) is 10.2 Å². The highest BCUT2D eigenvalue weighted by atomic mass is 79.9. The molecule has 1 nitrogen and oxygen atoms in total. The lowest BCUT2D eigenvalue weighted by atomic mass is 10.7. The third-order valence-corrected chi connectivity index (χ3v) is 2.21. The highest BCUT2D eigenvalue weighted by molar-refractivity contribution is 9.50. The number of hydrogen-bond donors (Lipinski definition) is 1. The van der Waals surface area contributed by atoms with Gasteiger partial charge in [-0.05, 0) is 31.1 Å². The van der Waals surface area contributed by atoms with E-state index < -0.39 is 0 Å². The van der Waals surface area contributed by atoms with E-state index in [-0.39, 0.29) is 0 Å². The quantitative estimate of drug-likeness (QED) is 0.698. The molecule has 3 heteroatoms. The summed E-state index contributed by atoms with van der Waals surface area (Å²) in [6.07, 6.45) is 3.82. The Morgan fingerprint density at radius 3 is 2.86 bits per heavy atom. The van der Waals surface area contributed by atoms with Crippen LogP contribution in [0.2, 0.25) is 0 Å². The third kappa shape index (κ3) is 1.24. The van der Waals surface area contributed by atoms with E-state index in [4.69, 9.17) is 0 Å². The lowest BCUT2D eigenvalue weighted by Gasteiger charge is -1.75. The van der Waals surface area contributed by atoms with Crippen molar-refractivity contribution < 1.29 is 0 Å². The predicted octanol–water partition coefficient (Wildman–Crippen LogP) is 2.42. The van der Waals surface area contributed by atoms with E-state index in [0.29, 0.717) is 0 Å². The first-order valence-electron chi connectivity index (χ1n) is 1.85. The average molecular weight is 178 g/mol. The van der Waals surface area contributed by atoms with Crippen LogP contribution in [-0.4, -0.2) is 4.98 Å². The van der Waals surface area contributed by atoms with Crippen LogP contribution >= 0.6 is 25.0 Å². The lowest BCUT2D eigenvalue weighted by Crippen LogP contribution is -1.46. The third-order valence-electron chi connectivity index (χ3n) is 0.659. The summed E-state index contributed by atoms with van der Waals surface area (Å²) >= 11 is 3.23. The summed E-state index contributed by atoms with van der Waals surface area (Å²) in [4.78, 5) is 4.14. The molecule has 0 spiro atoms. The maximum Gasteiger partial charge on any atom is 0.0362 e. The zero-order valence-electron chi connectivity index (χ0n) is 3.52. The van der Waals surface area contributed by atoms with Crippen LogP contribution in [0.15, 0.2) is 23.4 Å². The molecule has 0 saturated carbocycles. The Labute approximate surface area is 53.7 Å². The summed E-state index contributed by atoms with van der Waals surface area (Å²) in [6, 6.07) is 2.00. The molecular weight excluding hydrogens is 174 g/mol. The minimum atomic E-state index is 1.21. The van der Waals surface area contributed by atoms with E-state index in [2.05, 4.69) is 19.8 Å². The molecule has 0 aliphatic carbocycles. The fraction of sp³-hybridized carbons (Fsp3) is 0. The largest absolute Gasteiger partial charge is 0.367 e. The lowest BCUT2D eigenvalue weighted by molar-refractivity contribution is 1.38. The Morgan fingerprint density at radius 2 is 2.57 bits per heavy atom. The van der Waals surface area contributed by atoms with Gasteiger partial charge in [-0.2, -0.15) is 0 Å². The van der Waals surface area contributed by atoms with Crippen LogP contribution in [0.1, 0.15) is 0 Å². The predicted molar refractivity (Wildman–Crippen MR) is 35.6 cm³/mol. The molecule has 0 aliphatic rings. The van der Waals surface area contributed by atoms with Crippen LogP contribution in [0, 0.1) is 0 Å². The Morgan fingerprint density at radius 1 is 1.71 bits per heavy atom. The van der Waals surface area contributed by atoms with E-state index in [0.717, 1.165) is 0 Å². The molecule has 38 valence electrons. The van der Waals surface area contributed by atoms with Crippen LogP contribution in [0.25, 0.3) is 0 Å². The van der Waals surface area contributed by atoms with E-state index >= 15 is 0 Å². The van der Waals surface area contributed by atoms with Gasteiger partial charge in [0.15, 0.2) is 0 Å². The minimum Gasteiger partial charge on any atom is -0.367 e. The number of nitrogens with one attached hydrogen (secondary N) is 1. The van der Waals surface area contributed by atoms with Crippen LogP contribution in [-0.2, 0) is 0 Å². The minimum absolute atomic E-state index is 1.21.